The quantitative estimate of drug-likeness (QED) is 0.865. The normalized spacial score (nSPS) is 15.3. The van der Waals surface area contributed by atoms with E-state index in [0.29, 0.717) is 29.6 Å². The predicted octanol–water partition coefficient (Wildman–Crippen LogP) is 2.68. The molecule has 128 valence electrons. The van der Waals surface area contributed by atoms with Gasteiger partial charge in [-0.05, 0) is 25.0 Å². The number of aryl methyl sites for hydroxylation is 1. The maximum atomic E-state index is 12.4. The third-order valence-corrected chi connectivity index (χ3v) is 5.16. The number of carbonyl (C=O) groups excluding carboxylic acids is 2. The highest BCUT2D eigenvalue weighted by Crippen LogP contribution is 2.28. The van der Waals surface area contributed by atoms with Crippen LogP contribution in [0.1, 0.15) is 34.8 Å². The Bertz CT molecular complexity index is 731. The van der Waals surface area contributed by atoms with Crippen molar-refractivity contribution in [3.63, 3.8) is 0 Å². The van der Waals surface area contributed by atoms with Crippen LogP contribution in [-0.2, 0) is 11.8 Å². The maximum Gasteiger partial charge on any atom is 0.338 e. The third kappa shape index (κ3) is 3.43. The SMILES string of the molecule is COC(=O)c1csc(NC(=O)N2CCC(c3ccnn3C)CC2)c1. The number of thiophene rings is 1. The number of rotatable bonds is 3. The number of hydrogen-bond acceptors (Lipinski definition) is 5. The third-order valence-electron chi connectivity index (χ3n) is 4.31. The van der Waals surface area contributed by atoms with E-state index in [0.717, 1.165) is 12.8 Å². The molecule has 0 spiro atoms. The van der Waals surface area contributed by atoms with Gasteiger partial charge in [0.25, 0.3) is 0 Å². The lowest BCUT2D eigenvalue weighted by molar-refractivity contribution is 0.0601. The van der Waals surface area contributed by atoms with Gasteiger partial charge in [-0.15, -0.1) is 11.3 Å². The Morgan fingerprint density at radius 1 is 1.38 bits per heavy atom. The summed E-state index contributed by atoms with van der Waals surface area (Å²) in [5.74, 6) is 0.0398. The summed E-state index contributed by atoms with van der Waals surface area (Å²) in [5, 5.41) is 9.39. The number of nitrogens with one attached hydrogen (secondary N) is 1. The van der Waals surface area contributed by atoms with Gasteiger partial charge in [0.1, 0.15) is 0 Å². The van der Waals surface area contributed by atoms with Crippen LogP contribution in [0.25, 0.3) is 0 Å². The van der Waals surface area contributed by atoms with E-state index < -0.39 is 5.97 Å². The number of urea groups is 1. The van der Waals surface area contributed by atoms with Crippen molar-refractivity contribution in [3.05, 3.63) is 35.0 Å². The van der Waals surface area contributed by atoms with Crippen molar-refractivity contribution < 1.29 is 14.3 Å². The molecule has 0 unspecified atom stereocenters. The molecule has 24 heavy (non-hydrogen) atoms. The first-order valence-electron chi connectivity index (χ1n) is 7.79. The van der Waals surface area contributed by atoms with E-state index >= 15 is 0 Å². The lowest BCUT2D eigenvalue weighted by Gasteiger charge is -2.31. The fraction of sp³-hybridized carbons (Fsp3) is 0.438. The first-order valence-corrected chi connectivity index (χ1v) is 8.67. The van der Waals surface area contributed by atoms with Crippen LogP contribution < -0.4 is 5.32 Å². The molecule has 0 radical (unpaired) electrons. The molecule has 0 bridgehead atoms. The van der Waals surface area contributed by atoms with Gasteiger partial charge in [0.15, 0.2) is 0 Å². The monoisotopic (exact) mass is 348 g/mol. The summed E-state index contributed by atoms with van der Waals surface area (Å²) in [5.41, 5.74) is 1.67. The molecule has 0 saturated carbocycles. The molecule has 2 amide bonds. The predicted molar refractivity (Wildman–Crippen MR) is 91.4 cm³/mol. The van der Waals surface area contributed by atoms with E-state index in [1.807, 2.05) is 28.9 Å². The Hall–Kier alpha value is -2.35. The average molecular weight is 348 g/mol. The van der Waals surface area contributed by atoms with E-state index in [2.05, 4.69) is 15.2 Å². The van der Waals surface area contributed by atoms with Crippen LogP contribution >= 0.6 is 11.3 Å². The van der Waals surface area contributed by atoms with Crippen molar-refractivity contribution in [2.45, 2.75) is 18.8 Å². The van der Waals surface area contributed by atoms with Crippen LogP contribution in [0.15, 0.2) is 23.7 Å². The lowest BCUT2D eigenvalue weighted by Crippen LogP contribution is -2.40. The van der Waals surface area contributed by atoms with Gasteiger partial charge in [0.05, 0.1) is 17.7 Å². The Labute approximate surface area is 144 Å². The molecule has 1 fully saturated rings. The number of methoxy groups -OCH3 is 1. The van der Waals surface area contributed by atoms with Gasteiger partial charge in [0.2, 0.25) is 0 Å². The summed E-state index contributed by atoms with van der Waals surface area (Å²) < 4.78 is 6.57. The summed E-state index contributed by atoms with van der Waals surface area (Å²) in [6.45, 7) is 1.41. The zero-order valence-corrected chi connectivity index (χ0v) is 14.5. The van der Waals surface area contributed by atoms with Gasteiger partial charge in [-0.1, -0.05) is 0 Å². The average Bonchev–Trinajstić information content (AvgIpc) is 3.23. The number of aromatic nitrogens is 2. The van der Waals surface area contributed by atoms with Crippen LogP contribution in [0.3, 0.4) is 0 Å². The number of amides is 2. The highest BCUT2D eigenvalue weighted by Gasteiger charge is 2.25. The minimum atomic E-state index is -0.399. The van der Waals surface area contributed by atoms with Crippen molar-refractivity contribution in [1.82, 2.24) is 14.7 Å². The van der Waals surface area contributed by atoms with Crippen LogP contribution in [-0.4, -0.2) is 46.9 Å². The number of hydrogen-bond donors (Lipinski definition) is 1. The molecule has 0 aliphatic carbocycles. The zero-order valence-electron chi connectivity index (χ0n) is 13.7. The molecular formula is C16H20N4O3S. The lowest BCUT2D eigenvalue weighted by atomic mass is 9.93. The first kappa shape index (κ1) is 16.5. The van der Waals surface area contributed by atoms with E-state index in [1.54, 1.807) is 11.4 Å². The molecule has 1 N–H and O–H groups in total. The second-order valence-electron chi connectivity index (χ2n) is 5.76. The molecule has 8 heteroatoms. The minimum Gasteiger partial charge on any atom is -0.465 e. The number of esters is 1. The fourth-order valence-corrected chi connectivity index (χ4v) is 3.73. The van der Waals surface area contributed by atoms with Crippen LogP contribution in [0, 0.1) is 0 Å². The van der Waals surface area contributed by atoms with Crippen LogP contribution in [0.4, 0.5) is 9.80 Å². The molecule has 1 aliphatic rings. The molecule has 0 aromatic carbocycles. The number of carbonyl (C=O) groups is 2. The van der Waals surface area contributed by atoms with Gasteiger partial charge in [-0.3, -0.25) is 10.00 Å². The second kappa shape index (κ2) is 7.04. The first-order chi connectivity index (χ1) is 11.6. The van der Waals surface area contributed by atoms with E-state index in [-0.39, 0.29) is 6.03 Å². The van der Waals surface area contributed by atoms with Gasteiger partial charge in [-0.2, -0.15) is 5.10 Å². The van der Waals surface area contributed by atoms with Crippen LogP contribution in [0.2, 0.25) is 0 Å². The molecule has 2 aromatic heterocycles. The van der Waals surface area contributed by atoms with Crippen molar-refractivity contribution in [2.75, 3.05) is 25.5 Å². The van der Waals surface area contributed by atoms with Crippen molar-refractivity contribution in [3.8, 4) is 0 Å². The molecule has 2 aromatic rings. The summed E-state index contributed by atoms with van der Waals surface area (Å²) in [6.07, 6.45) is 3.65. The van der Waals surface area contributed by atoms with Gasteiger partial charge in [0, 0.05) is 43.3 Å². The van der Waals surface area contributed by atoms with Crippen molar-refractivity contribution in [2.24, 2.45) is 7.05 Å². The Morgan fingerprint density at radius 2 is 2.12 bits per heavy atom. The summed E-state index contributed by atoms with van der Waals surface area (Å²) in [6, 6.07) is 3.55. The molecule has 0 atom stereocenters. The second-order valence-corrected chi connectivity index (χ2v) is 6.67. The standard InChI is InChI=1S/C16H20N4O3S/c1-19-13(3-6-17-19)11-4-7-20(8-5-11)16(22)18-14-9-12(10-24-14)15(21)23-2/h3,6,9-11H,4-5,7-8H2,1-2H3,(H,18,22). The van der Waals surface area contributed by atoms with E-state index in [1.165, 1.54) is 24.1 Å². The highest BCUT2D eigenvalue weighted by atomic mass is 32.1. The zero-order chi connectivity index (χ0) is 17.1. The molecule has 3 heterocycles. The minimum absolute atomic E-state index is 0.128. The Balaban J connectivity index is 1.55. The molecule has 7 nitrogen and oxygen atoms in total. The molecule has 1 aliphatic heterocycles. The highest BCUT2D eigenvalue weighted by molar-refractivity contribution is 7.14. The van der Waals surface area contributed by atoms with Crippen molar-refractivity contribution in [1.29, 1.82) is 0 Å². The number of ether oxygens (including phenoxy) is 1. The number of likely N-dealkylation sites (tertiary alicyclic amines) is 1. The van der Waals surface area contributed by atoms with E-state index in [4.69, 9.17) is 0 Å². The van der Waals surface area contributed by atoms with Gasteiger partial charge >= 0.3 is 12.0 Å². The number of nitrogens with zero attached hydrogens (tertiary/aromatic N) is 3. The van der Waals surface area contributed by atoms with Gasteiger partial charge in [-0.25, -0.2) is 9.59 Å². The molecule has 3 rings (SSSR count). The van der Waals surface area contributed by atoms with Crippen molar-refractivity contribution >= 4 is 28.3 Å². The number of piperidine rings is 1. The Kier molecular flexibility index (Phi) is 4.84. The topological polar surface area (TPSA) is 76.5 Å². The fourth-order valence-electron chi connectivity index (χ4n) is 2.97. The summed E-state index contributed by atoms with van der Waals surface area (Å²) in [4.78, 5) is 25.6. The maximum absolute atomic E-state index is 12.4. The van der Waals surface area contributed by atoms with E-state index in [9.17, 15) is 9.59 Å². The Morgan fingerprint density at radius 3 is 2.75 bits per heavy atom. The smallest absolute Gasteiger partial charge is 0.338 e. The van der Waals surface area contributed by atoms with Gasteiger partial charge < -0.3 is 9.64 Å². The summed E-state index contributed by atoms with van der Waals surface area (Å²) >= 11 is 1.32. The molecular weight excluding hydrogens is 328 g/mol. The summed E-state index contributed by atoms with van der Waals surface area (Å²) in [7, 11) is 3.29. The largest absolute Gasteiger partial charge is 0.465 e. The van der Waals surface area contributed by atoms with Crippen LogP contribution in [0.5, 0.6) is 0 Å². The number of anilines is 1. The molecule has 1 saturated heterocycles.